The van der Waals surface area contributed by atoms with Crippen LogP contribution in [0.2, 0.25) is 5.02 Å². The van der Waals surface area contributed by atoms with Gasteiger partial charge in [0.1, 0.15) is 5.75 Å². The number of nitrogens with one attached hydrogen (secondary N) is 1. The number of hydrogen-bond acceptors (Lipinski definition) is 5. The van der Waals surface area contributed by atoms with Crippen molar-refractivity contribution in [1.29, 1.82) is 0 Å². The molecule has 1 spiro atoms. The Morgan fingerprint density at radius 3 is 2.88 bits per heavy atom. The molecule has 218 valence electrons. The molecule has 3 aliphatic carbocycles. The SMILES string of the molecule is C=S1(=O)NC(=O)c2ccc3c(c2)N(C[C@@H]2CC[C@H]2[C@@H](OC)/C=C/C[C@@H]2C[C@H]21)C[C@@]1(CCCc2cc(Cl)ccc21)CO3. The molecule has 0 aromatic heterocycles. The second kappa shape index (κ2) is 10.4. The van der Waals surface area contributed by atoms with E-state index in [1.54, 1.807) is 13.2 Å². The minimum atomic E-state index is -2.76. The molecule has 2 fully saturated rings. The summed E-state index contributed by atoms with van der Waals surface area (Å²) >= 11 is 6.42. The molecule has 2 aromatic carbocycles. The lowest BCUT2D eigenvalue weighted by Gasteiger charge is -2.46. The number of methoxy groups -OCH3 is 1. The van der Waals surface area contributed by atoms with Crippen LogP contribution >= 0.6 is 11.6 Å². The van der Waals surface area contributed by atoms with Crippen LogP contribution in [0.4, 0.5) is 5.69 Å². The van der Waals surface area contributed by atoms with E-state index < -0.39 is 9.71 Å². The van der Waals surface area contributed by atoms with Crippen LogP contribution < -0.4 is 14.4 Å². The van der Waals surface area contributed by atoms with Gasteiger partial charge in [-0.1, -0.05) is 29.8 Å². The number of anilines is 1. The number of benzene rings is 2. The van der Waals surface area contributed by atoms with E-state index in [4.69, 9.17) is 21.1 Å². The average molecular weight is 595 g/mol. The molecule has 8 heteroatoms. The van der Waals surface area contributed by atoms with E-state index in [1.807, 2.05) is 18.2 Å². The fourth-order valence-corrected chi connectivity index (χ4v) is 9.87. The highest BCUT2D eigenvalue weighted by Gasteiger charge is 2.46. The molecule has 7 atom stereocenters. The molecule has 2 bridgehead atoms. The molecule has 0 saturated heterocycles. The van der Waals surface area contributed by atoms with E-state index in [1.165, 1.54) is 11.1 Å². The summed E-state index contributed by atoms with van der Waals surface area (Å²) in [5.74, 6) is 5.61. The third kappa shape index (κ3) is 4.98. The molecule has 41 heavy (non-hydrogen) atoms. The molecule has 2 heterocycles. The van der Waals surface area contributed by atoms with Crippen LogP contribution in [0, 0.1) is 17.8 Å². The van der Waals surface area contributed by atoms with Crippen molar-refractivity contribution >= 4 is 38.8 Å². The van der Waals surface area contributed by atoms with Gasteiger partial charge in [-0.2, -0.15) is 0 Å². The van der Waals surface area contributed by atoms with Crippen molar-refractivity contribution in [1.82, 2.24) is 4.72 Å². The quantitative estimate of drug-likeness (QED) is 0.346. The number of nitrogens with zero attached hydrogens (tertiary/aromatic N) is 1. The molecule has 1 unspecified atom stereocenters. The first-order valence-corrected chi connectivity index (χ1v) is 17.1. The minimum absolute atomic E-state index is 0.0585. The van der Waals surface area contributed by atoms with Gasteiger partial charge in [0, 0.05) is 41.5 Å². The van der Waals surface area contributed by atoms with Crippen molar-refractivity contribution in [2.45, 2.75) is 61.7 Å². The molecule has 0 radical (unpaired) electrons. The van der Waals surface area contributed by atoms with Gasteiger partial charge in [-0.15, -0.1) is 0 Å². The third-order valence-electron chi connectivity index (χ3n) is 10.3. The summed E-state index contributed by atoms with van der Waals surface area (Å²) in [6.45, 7) is 2.23. The van der Waals surface area contributed by atoms with E-state index in [-0.39, 0.29) is 28.6 Å². The van der Waals surface area contributed by atoms with Gasteiger partial charge in [-0.3, -0.25) is 9.52 Å². The molecule has 2 aromatic rings. The highest BCUT2D eigenvalue weighted by Crippen LogP contribution is 2.47. The predicted molar refractivity (Wildman–Crippen MR) is 166 cm³/mol. The summed E-state index contributed by atoms with van der Waals surface area (Å²) in [5.41, 5.74) is 3.87. The van der Waals surface area contributed by atoms with Crippen LogP contribution in [0.15, 0.2) is 48.6 Å². The van der Waals surface area contributed by atoms with Crippen LogP contribution in [0.25, 0.3) is 0 Å². The van der Waals surface area contributed by atoms with Gasteiger partial charge in [-0.25, -0.2) is 4.21 Å². The fraction of sp³-hybridized carbons (Fsp3) is 0.515. The van der Waals surface area contributed by atoms with E-state index in [2.05, 4.69) is 39.8 Å². The number of rotatable bonds is 1. The lowest BCUT2D eigenvalue weighted by atomic mass is 9.68. The summed E-state index contributed by atoms with van der Waals surface area (Å²) < 4.78 is 28.9. The van der Waals surface area contributed by atoms with E-state index >= 15 is 0 Å². The molecule has 2 saturated carbocycles. The molecular weight excluding hydrogens is 556 g/mol. The zero-order valence-corrected chi connectivity index (χ0v) is 25.2. The number of amides is 1. The Morgan fingerprint density at radius 2 is 2.07 bits per heavy atom. The normalized spacial score (nSPS) is 36.9. The molecule has 2 aliphatic heterocycles. The second-order valence-corrected chi connectivity index (χ2v) is 15.5. The summed E-state index contributed by atoms with van der Waals surface area (Å²) in [7, 11) is -0.954. The van der Waals surface area contributed by atoms with Crippen molar-refractivity contribution in [2.75, 3.05) is 31.7 Å². The standard InChI is InChI=1S/C33H39ClN2O4S/c1-39-29-7-3-5-22-17-31(22)41(2,38)35-32(37)23-9-13-30-28(16-23)36(18-24-8-11-26(24)29)19-33(20-40-30)14-4-6-21-15-25(34)10-12-27(21)33/h3,7,9-10,12-13,15-16,22,24,26,29,31H,2,4-6,8,11,14,17-20H2,1H3,(H,35,37,38)/b7-3+/t22-,24+,26-,29+,31-,33+,41?/m1/s1. The largest absolute Gasteiger partial charge is 0.490 e. The van der Waals surface area contributed by atoms with Gasteiger partial charge in [-0.05, 0) is 110 Å². The minimum Gasteiger partial charge on any atom is -0.490 e. The van der Waals surface area contributed by atoms with Crippen molar-refractivity contribution in [3.8, 4) is 5.75 Å². The van der Waals surface area contributed by atoms with Gasteiger partial charge in [0.2, 0.25) is 0 Å². The molecular formula is C33H39ClN2O4S. The number of fused-ring (bicyclic) bond motifs is 5. The summed E-state index contributed by atoms with van der Waals surface area (Å²) in [5, 5.41) is 0.677. The van der Waals surface area contributed by atoms with Gasteiger partial charge in [0.15, 0.2) is 0 Å². The highest BCUT2D eigenvalue weighted by molar-refractivity contribution is 7.99. The van der Waals surface area contributed by atoms with E-state index in [0.29, 0.717) is 24.0 Å². The maximum absolute atomic E-state index is 13.5. The van der Waals surface area contributed by atoms with E-state index in [9.17, 15) is 9.00 Å². The monoisotopic (exact) mass is 594 g/mol. The zero-order chi connectivity index (χ0) is 28.4. The molecule has 1 amide bonds. The summed E-state index contributed by atoms with van der Waals surface area (Å²) in [6.07, 6.45) is 11.5. The molecule has 1 N–H and O–H groups in total. The van der Waals surface area contributed by atoms with E-state index in [0.717, 1.165) is 74.5 Å². The lowest BCUT2D eigenvalue weighted by molar-refractivity contribution is 0.0131. The van der Waals surface area contributed by atoms with Gasteiger partial charge < -0.3 is 14.4 Å². The average Bonchev–Trinajstić information content (AvgIpc) is 3.74. The number of carbonyl (C=O) groups is 1. The number of ether oxygens (including phenoxy) is 2. The first-order valence-electron chi connectivity index (χ1n) is 14.9. The van der Waals surface area contributed by atoms with Crippen molar-refractivity contribution in [2.24, 2.45) is 17.8 Å². The number of aryl methyl sites for hydroxylation is 1. The smallest absolute Gasteiger partial charge is 0.262 e. The Labute approximate surface area is 248 Å². The van der Waals surface area contributed by atoms with Gasteiger partial charge in [0.25, 0.3) is 5.91 Å². The summed E-state index contributed by atoms with van der Waals surface area (Å²) in [4.78, 5) is 15.9. The van der Waals surface area contributed by atoms with Crippen LogP contribution in [-0.2, 0) is 26.3 Å². The Balaban J connectivity index is 1.30. The van der Waals surface area contributed by atoms with Gasteiger partial charge >= 0.3 is 0 Å². The molecule has 5 aliphatic rings. The third-order valence-corrected chi connectivity index (χ3v) is 12.6. The Hall–Kier alpha value is -2.48. The Morgan fingerprint density at radius 1 is 1.20 bits per heavy atom. The number of hydrogen-bond donors (Lipinski definition) is 1. The number of allylic oxidation sites excluding steroid dienone is 1. The highest BCUT2D eigenvalue weighted by atomic mass is 35.5. The first kappa shape index (κ1) is 27.4. The van der Waals surface area contributed by atoms with Crippen LogP contribution in [-0.4, -0.2) is 54.1 Å². The van der Waals surface area contributed by atoms with Crippen molar-refractivity contribution in [3.63, 3.8) is 0 Å². The molecule has 7 rings (SSSR count). The topological polar surface area (TPSA) is 67.9 Å². The van der Waals surface area contributed by atoms with Gasteiger partial charge in [0.05, 0.1) is 28.1 Å². The van der Waals surface area contributed by atoms with Crippen LogP contribution in [0.1, 0.15) is 60.0 Å². The van der Waals surface area contributed by atoms with Crippen molar-refractivity contribution < 1.29 is 18.5 Å². The first-order chi connectivity index (χ1) is 19.8. The Kier molecular flexibility index (Phi) is 6.91. The van der Waals surface area contributed by atoms with Crippen molar-refractivity contribution in [3.05, 3.63) is 70.3 Å². The molecule has 6 nitrogen and oxygen atoms in total. The fourth-order valence-electron chi connectivity index (χ4n) is 7.80. The van der Waals surface area contributed by atoms with Crippen LogP contribution in [0.5, 0.6) is 5.75 Å². The summed E-state index contributed by atoms with van der Waals surface area (Å²) in [6, 6.07) is 11.9. The maximum atomic E-state index is 13.5. The second-order valence-electron chi connectivity index (χ2n) is 12.8. The zero-order valence-electron chi connectivity index (χ0n) is 23.7. The maximum Gasteiger partial charge on any atom is 0.262 e. The van der Waals surface area contributed by atoms with Crippen LogP contribution in [0.3, 0.4) is 0 Å². The Bertz CT molecular complexity index is 1510. The number of carbonyl (C=O) groups excluding carboxylic acids is 1. The predicted octanol–water partition coefficient (Wildman–Crippen LogP) is 5.56. The lowest BCUT2D eigenvalue weighted by Crippen LogP contribution is -2.49. The number of halogens is 1.